The molecule has 0 unspecified atom stereocenters. The SMILES string of the molecule is CCc1cccc(C)c1Nc1ncnc2sc(C)c(-c3ccc(Br)cc3)c12. The smallest absolute Gasteiger partial charge is 0.143 e. The van der Waals surface area contributed by atoms with Gasteiger partial charge < -0.3 is 5.32 Å². The first-order valence-corrected chi connectivity index (χ1v) is 10.5. The number of halogens is 1. The third-order valence-corrected chi connectivity index (χ3v) is 6.32. The molecule has 1 N–H and O–H groups in total. The van der Waals surface area contributed by atoms with Gasteiger partial charge in [-0.1, -0.05) is 53.2 Å². The van der Waals surface area contributed by atoms with Gasteiger partial charge in [0.15, 0.2) is 0 Å². The highest BCUT2D eigenvalue weighted by molar-refractivity contribution is 9.10. The van der Waals surface area contributed by atoms with Gasteiger partial charge in [-0.15, -0.1) is 11.3 Å². The first-order chi connectivity index (χ1) is 13.1. The van der Waals surface area contributed by atoms with Crippen LogP contribution in [0.25, 0.3) is 21.3 Å². The normalized spacial score (nSPS) is 11.1. The Morgan fingerprint density at radius 1 is 1.04 bits per heavy atom. The van der Waals surface area contributed by atoms with E-state index >= 15 is 0 Å². The maximum atomic E-state index is 4.61. The first-order valence-electron chi connectivity index (χ1n) is 8.94. The number of aryl methyl sites for hydroxylation is 3. The Hall–Kier alpha value is -2.24. The van der Waals surface area contributed by atoms with Crippen molar-refractivity contribution in [2.45, 2.75) is 27.2 Å². The molecule has 0 atom stereocenters. The second kappa shape index (κ2) is 7.41. The third-order valence-electron chi connectivity index (χ3n) is 4.78. The first kappa shape index (κ1) is 18.1. The monoisotopic (exact) mass is 437 g/mol. The van der Waals surface area contributed by atoms with Gasteiger partial charge in [-0.3, -0.25) is 0 Å². The van der Waals surface area contributed by atoms with Crippen molar-refractivity contribution in [1.29, 1.82) is 0 Å². The second-order valence-corrected chi connectivity index (χ2v) is 8.65. The molecule has 0 amide bonds. The van der Waals surface area contributed by atoms with E-state index < -0.39 is 0 Å². The van der Waals surface area contributed by atoms with Crippen LogP contribution in [0.1, 0.15) is 22.9 Å². The molecule has 5 heteroatoms. The quantitative estimate of drug-likeness (QED) is 0.371. The molecule has 4 aromatic rings. The molecule has 136 valence electrons. The van der Waals surface area contributed by atoms with Gasteiger partial charge in [0.1, 0.15) is 17.0 Å². The van der Waals surface area contributed by atoms with Crippen LogP contribution in [0.5, 0.6) is 0 Å². The molecule has 0 bridgehead atoms. The molecule has 2 aromatic carbocycles. The third kappa shape index (κ3) is 3.37. The van der Waals surface area contributed by atoms with Gasteiger partial charge in [0.25, 0.3) is 0 Å². The number of nitrogens with zero attached hydrogens (tertiary/aromatic N) is 2. The van der Waals surface area contributed by atoms with Gasteiger partial charge in [-0.25, -0.2) is 9.97 Å². The summed E-state index contributed by atoms with van der Waals surface area (Å²) in [5.74, 6) is 0.867. The average Bonchev–Trinajstić information content (AvgIpc) is 3.01. The van der Waals surface area contributed by atoms with Crippen LogP contribution in [-0.4, -0.2) is 9.97 Å². The summed E-state index contributed by atoms with van der Waals surface area (Å²) in [6.45, 7) is 6.46. The Labute approximate surface area is 171 Å². The maximum absolute atomic E-state index is 4.61. The zero-order valence-corrected chi connectivity index (χ0v) is 17.9. The summed E-state index contributed by atoms with van der Waals surface area (Å²) in [5.41, 5.74) is 6.04. The minimum absolute atomic E-state index is 0.867. The lowest BCUT2D eigenvalue weighted by Gasteiger charge is -2.15. The fraction of sp³-hybridized carbons (Fsp3) is 0.182. The number of nitrogens with one attached hydrogen (secondary N) is 1. The largest absolute Gasteiger partial charge is 0.339 e. The van der Waals surface area contributed by atoms with Gasteiger partial charge in [0, 0.05) is 20.6 Å². The fourth-order valence-corrected chi connectivity index (χ4v) is 4.70. The molecule has 0 spiro atoms. The predicted octanol–water partition coefficient (Wildman–Crippen LogP) is 7.04. The lowest BCUT2D eigenvalue weighted by atomic mass is 10.0. The summed E-state index contributed by atoms with van der Waals surface area (Å²) in [6.07, 6.45) is 2.62. The van der Waals surface area contributed by atoms with Gasteiger partial charge >= 0.3 is 0 Å². The van der Waals surface area contributed by atoms with Crippen molar-refractivity contribution in [1.82, 2.24) is 9.97 Å². The lowest BCUT2D eigenvalue weighted by molar-refractivity contribution is 1.13. The van der Waals surface area contributed by atoms with E-state index in [4.69, 9.17) is 0 Å². The van der Waals surface area contributed by atoms with Crippen LogP contribution in [0.3, 0.4) is 0 Å². The molecule has 0 radical (unpaired) electrons. The summed E-state index contributed by atoms with van der Waals surface area (Å²) < 4.78 is 1.07. The molecule has 2 heterocycles. The van der Waals surface area contributed by atoms with E-state index in [0.717, 1.165) is 32.6 Å². The summed E-state index contributed by atoms with van der Waals surface area (Å²) in [5, 5.41) is 4.71. The minimum Gasteiger partial charge on any atom is -0.339 e. The highest BCUT2D eigenvalue weighted by Gasteiger charge is 2.18. The van der Waals surface area contributed by atoms with Crippen LogP contribution >= 0.6 is 27.3 Å². The van der Waals surface area contributed by atoms with E-state index in [1.54, 1.807) is 17.7 Å². The number of hydrogen-bond donors (Lipinski definition) is 1. The Morgan fingerprint density at radius 2 is 1.81 bits per heavy atom. The number of hydrogen-bond acceptors (Lipinski definition) is 4. The highest BCUT2D eigenvalue weighted by atomic mass is 79.9. The summed E-state index contributed by atoms with van der Waals surface area (Å²) in [4.78, 5) is 11.4. The minimum atomic E-state index is 0.867. The number of anilines is 2. The number of benzene rings is 2. The molecule has 2 aromatic heterocycles. The van der Waals surface area contributed by atoms with Crippen molar-refractivity contribution in [3.8, 4) is 11.1 Å². The van der Waals surface area contributed by atoms with Gasteiger partial charge in [-0.05, 0) is 49.1 Å². The summed E-state index contributed by atoms with van der Waals surface area (Å²) >= 11 is 5.24. The van der Waals surface area contributed by atoms with Crippen molar-refractivity contribution >= 4 is 49.0 Å². The zero-order chi connectivity index (χ0) is 19.0. The standard InChI is InChI=1S/C22H20BrN3S/c1-4-15-7-5-6-13(2)20(15)26-21-19-18(16-8-10-17(23)11-9-16)14(3)27-22(19)25-12-24-21/h5-12H,4H2,1-3H3,(H,24,25,26). The van der Waals surface area contributed by atoms with Crippen LogP contribution in [0.4, 0.5) is 11.5 Å². The number of fused-ring (bicyclic) bond motifs is 1. The van der Waals surface area contributed by atoms with E-state index in [-0.39, 0.29) is 0 Å². The van der Waals surface area contributed by atoms with Crippen molar-refractivity contribution in [2.75, 3.05) is 5.32 Å². The molecule has 0 fully saturated rings. The van der Waals surface area contributed by atoms with E-state index in [2.05, 4.69) is 94.5 Å². The lowest BCUT2D eigenvalue weighted by Crippen LogP contribution is -2.01. The van der Waals surface area contributed by atoms with Gasteiger partial charge in [-0.2, -0.15) is 0 Å². The fourth-order valence-electron chi connectivity index (χ4n) is 3.42. The number of thiophene rings is 1. The molecule has 4 rings (SSSR count). The number of rotatable bonds is 4. The molecular weight excluding hydrogens is 418 g/mol. The predicted molar refractivity (Wildman–Crippen MR) is 119 cm³/mol. The van der Waals surface area contributed by atoms with Crippen molar-refractivity contribution < 1.29 is 0 Å². The van der Waals surface area contributed by atoms with Crippen LogP contribution < -0.4 is 5.32 Å². The average molecular weight is 438 g/mol. The topological polar surface area (TPSA) is 37.8 Å². The molecule has 0 aliphatic heterocycles. The molecule has 3 nitrogen and oxygen atoms in total. The number of para-hydroxylation sites is 1. The highest BCUT2D eigenvalue weighted by Crippen LogP contribution is 2.41. The second-order valence-electron chi connectivity index (χ2n) is 6.53. The van der Waals surface area contributed by atoms with Gasteiger partial charge in [0.05, 0.1) is 5.39 Å². The maximum Gasteiger partial charge on any atom is 0.143 e. The van der Waals surface area contributed by atoms with Crippen LogP contribution in [-0.2, 0) is 6.42 Å². The van der Waals surface area contributed by atoms with Crippen molar-refractivity contribution in [2.24, 2.45) is 0 Å². The van der Waals surface area contributed by atoms with E-state index in [9.17, 15) is 0 Å². The Kier molecular flexibility index (Phi) is 4.98. The Morgan fingerprint density at radius 3 is 2.56 bits per heavy atom. The molecule has 0 aliphatic rings. The Bertz CT molecular complexity index is 1120. The summed E-state index contributed by atoms with van der Waals surface area (Å²) in [6, 6.07) is 14.8. The van der Waals surface area contributed by atoms with Crippen molar-refractivity contribution in [3.63, 3.8) is 0 Å². The Balaban J connectivity index is 1.91. The van der Waals surface area contributed by atoms with Gasteiger partial charge in [0.2, 0.25) is 0 Å². The molecule has 0 saturated carbocycles. The molecule has 27 heavy (non-hydrogen) atoms. The van der Waals surface area contributed by atoms with Crippen LogP contribution in [0.2, 0.25) is 0 Å². The van der Waals surface area contributed by atoms with E-state index in [1.165, 1.54) is 27.1 Å². The zero-order valence-electron chi connectivity index (χ0n) is 15.5. The van der Waals surface area contributed by atoms with Crippen molar-refractivity contribution in [3.05, 3.63) is 69.3 Å². The summed E-state index contributed by atoms with van der Waals surface area (Å²) in [7, 11) is 0. The van der Waals surface area contributed by atoms with Crippen LogP contribution in [0.15, 0.2) is 53.3 Å². The number of aromatic nitrogens is 2. The molecular formula is C22H20BrN3S. The van der Waals surface area contributed by atoms with Crippen LogP contribution in [0, 0.1) is 13.8 Å². The molecule has 0 saturated heterocycles. The van der Waals surface area contributed by atoms with E-state index in [0.29, 0.717) is 0 Å². The van der Waals surface area contributed by atoms with E-state index in [1.807, 2.05) is 0 Å². The molecule has 0 aliphatic carbocycles.